The summed E-state index contributed by atoms with van der Waals surface area (Å²) in [4.78, 5) is 18.3. The highest BCUT2D eigenvalue weighted by Crippen LogP contribution is 2.27. The zero-order chi connectivity index (χ0) is 26.3. The van der Waals surface area contributed by atoms with Crippen molar-refractivity contribution in [3.63, 3.8) is 0 Å². The number of nitrogens with zero attached hydrogens (tertiary/aromatic N) is 2. The molecule has 0 spiro atoms. The van der Waals surface area contributed by atoms with Crippen molar-refractivity contribution in [2.45, 2.75) is 51.9 Å². The number of nitrogens with one attached hydrogen (secondary N) is 1. The second kappa shape index (κ2) is 21.5. The van der Waals surface area contributed by atoms with E-state index in [4.69, 9.17) is 0 Å². The number of aliphatic imine (C=N–C) groups is 1. The molecule has 0 saturated heterocycles. The van der Waals surface area contributed by atoms with Crippen LogP contribution in [-0.2, 0) is 6.42 Å². The lowest BCUT2D eigenvalue weighted by atomic mass is 10.0. The molecule has 0 atom stereocenters. The summed E-state index contributed by atoms with van der Waals surface area (Å²) in [6.07, 6.45) is 17.1. The minimum atomic E-state index is -0.680. The summed E-state index contributed by atoms with van der Waals surface area (Å²) in [5.74, 6) is -1.30. The van der Waals surface area contributed by atoms with Gasteiger partial charge in [0.1, 0.15) is 17.3 Å². The fourth-order valence-corrected chi connectivity index (χ4v) is 3.18. The van der Waals surface area contributed by atoms with Gasteiger partial charge in [-0.2, -0.15) is 0 Å². The van der Waals surface area contributed by atoms with Crippen molar-refractivity contribution in [2.75, 3.05) is 20.6 Å². The monoisotopic (exact) mass is 486 g/mol. The van der Waals surface area contributed by atoms with Crippen LogP contribution in [0.1, 0.15) is 61.5 Å². The third kappa shape index (κ3) is 13.4. The third-order valence-electron chi connectivity index (χ3n) is 4.94. The molecule has 3 rings (SSSR count). The summed E-state index contributed by atoms with van der Waals surface area (Å²) in [6.45, 7) is 6.10. The van der Waals surface area contributed by atoms with Crippen molar-refractivity contribution in [1.82, 2.24) is 10.3 Å². The van der Waals surface area contributed by atoms with Gasteiger partial charge in [0.25, 0.3) is 0 Å². The molecular weight excluding hydrogens is 446 g/mol. The number of allylic oxidation sites excluding steroid dienone is 1. The first-order valence-electron chi connectivity index (χ1n) is 12.0. The van der Waals surface area contributed by atoms with E-state index in [0.29, 0.717) is 18.3 Å². The first-order chi connectivity index (χ1) is 17.1. The van der Waals surface area contributed by atoms with E-state index in [2.05, 4.69) is 27.6 Å². The van der Waals surface area contributed by atoms with Gasteiger partial charge in [-0.25, -0.2) is 13.8 Å². The van der Waals surface area contributed by atoms with E-state index >= 15 is 0 Å². The van der Waals surface area contributed by atoms with Crippen molar-refractivity contribution >= 4 is 12.5 Å². The number of benzene rings is 1. The fraction of sp³-hybridized carbons (Fsp3) is 0.393. The second-order valence-corrected chi connectivity index (χ2v) is 7.40. The average molecular weight is 487 g/mol. The Bertz CT molecular complexity index is 898. The van der Waals surface area contributed by atoms with Crippen molar-refractivity contribution < 1.29 is 13.6 Å². The quantitative estimate of drug-likeness (QED) is 0.356. The highest BCUT2D eigenvalue weighted by Gasteiger charge is 2.16. The second-order valence-electron chi connectivity index (χ2n) is 7.40. The number of likely N-dealkylation sites (N-methyl/N-ethyl adjacent to an activating group) is 1. The Kier molecular flexibility index (Phi) is 19.6. The Hall–Kier alpha value is -3.03. The maximum Gasteiger partial charge on any atom is 0.168 e. The minimum absolute atomic E-state index is 0.130. The van der Waals surface area contributed by atoms with Crippen molar-refractivity contribution in [2.24, 2.45) is 10.7 Å². The zero-order valence-electron chi connectivity index (χ0n) is 21.3. The molecule has 2 aromatic rings. The first kappa shape index (κ1) is 32.0. The summed E-state index contributed by atoms with van der Waals surface area (Å²) in [7, 11) is 3.40. The van der Waals surface area contributed by atoms with Gasteiger partial charge in [0.2, 0.25) is 0 Å². The Morgan fingerprint density at radius 2 is 1.71 bits per heavy atom. The molecule has 0 radical (unpaired) electrons. The standard InChI is InChI=1S/C14H11F2NO.C7H12N2.C6H12.CH5N/c1-2-9-6-7-11(15)13(14(9)16)12-5-3-4-10(8-18)17-12;1-3-9-7-5-4-6-8-2;1-2-4-6-5-3-1;1-2/h3-8H,2H2,1H3;3-5,7-8H,1,6H2,2H3;1-6H2;2H2,1H3/b;5-4-,9-7?;;. The van der Waals surface area contributed by atoms with E-state index in [-0.39, 0.29) is 17.0 Å². The van der Waals surface area contributed by atoms with Crippen LogP contribution in [0.25, 0.3) is 11.3 Å². The van der Waals surface area contributed by atoms with Gasteiger partial charge in [0.05, 0.1) is 11.3 Å². The summed E-state index contributed by atoms with van der Waals surface area (Å²) in [5, 5.41) is 2.97. The molecule has 35 heavy (non-hydrogen) atoms. The van der Waals surface area contributed by atoms with Crippen molar-refractivity contribution in [1.29, 1.82) is 0 Å². The average Bonchev–Trinajstić information content (AvgIpc) is 2.92. The minimum Gasteiger partial charge on any atom is -0.333 e. The number of aromatic nitrogens is 1. The number of aldehydes is 1. The van der Waals surface area contributed by atoms with E-state index < -0.39 is 11.6 Å². The molecule has 0 bridgehead atoms. The summed E-state index contributed by atoms with van der Waals surface area (Å²) >= 11 is 0. The molecule has 3 N–H and O–H groups in total. The Labute approximate surface area is 209 Å². The number of hydrogen-bond donors (Lipinski definition) is 2. The van der Waals surface area contributed by atoms with E-state index in [1.807, 2.05) is 19.2 Å². The number of carbonyl (C=O) groups excluding carboxylic acids is 1. The predicted octanol–water partition coefficient (Wildman–Crippen LogP) is 6.29. The van der Waals surface area contributed by atoms with Crippen LogP contribution in [0, 0.1) is 11.6 Å². The lowest BCUT2D eigenvalue weighted by Gasteiger charge is -2.08. The Morgan fingerprint density at radius 1 is 1.09 bits per heavy atom. The molecule has 5 nitrogen and oxygen atoms in total. The molecule has 0 amide bonds. The molecule has 1 aliphatic rings. The number of carbonyl (C=O) groups is 1. The maximum atomic E-state index is 14.1. The van der Waals surface area contributed by atoms with Crippen LogP contribution in [0.2, 0.25) is 0 Å². The van der Waals surface area contributed by atoms with Crippen LogP contribution in [0.3, 0.4) is 0 Å². The molecular formula is C28H40F2N4O. The number of hydrogen-bond acceptors (Lipinski definition) is 5. The van der Waals surface area contributed by atoms with Gasteiger partial charge in [-0.15, -0.1) is 0 Å². The van der Waals surface area contributed by atoms with Gasteiger partial charge in [0, 0.05) is 19.0 Å². The lowest BCUT2D eigenvalue weighted by Crippen LogP contribution is -2.03. The van der Waals surface area contributed by atoms with Crippen LogP contribution < -0.4 is 11.1 Å². The van der Waals surface area contributed by atoms with Crippen LogP contribution in [-0.4, -0.2) is 38.1 Å². The fourth-order valence-electron chi connectivity index (χ4n) is 3.18. The van der Waals surface area contributed by atoms with Gasteiger partial charge in [-0.3, -0.25) is 9.79 Å². The predicted molar refractivity (Wildman–Crippen MR) is 144 cm³/mol. The van der Waals surface area contributed by atoms with E-state index in [9.17, 15) is 13.6 Å². The SMILES string of the molecule is C1CCCCC1.C=CN=C/C=C\CNC.CCc1ccc(F)c(-c2cccc(C=O)n2)c1F.CN. The highest BCUT2D eigenvalue weighted by molar-refractivity contribution is 5.74. The summed E-state index contributed by atoms with van der Waals surface area (Å²) < 4.78 is 27.8. The van der Waals surface area contributed by atoms with Crippen molar-refractivity contribution in [3.8, 4) is 11.3 Å². The van der Waals surface area contributed by atoms with Crippen LogP contribution >= 0.6 is 0 Å². The zero-order valence-corrected chi connectivity index (χ0v) is 21.3. The summed E-state index contributed by atoms with van der Waals surface area (Å²) in [6, 6.07) is 7.14. The molecule has 7 heteroatoms. The molecule has 1 fully saturated rings. The van der Waals surface area contributed by atoms with Crippen LogP contribution in [0.15, 0.2) is 60.3 Å². The molecule has 1 aromatic carbocycles. The molecule has 1 aromatic heterocycles. The highest BCUT2D eigenvalue weighted by atomic mass is 19.1. The van der Waals surface area contributed by atoms with Crippen LogP contribution in [0.5, 0.6) is 0 Å². The normalized spacial score (nSPS) is 12.5. The molecule has 1 aliphatic carbocycles. The molecule has 0 unspecified atom stereocenters. The number of halogens is 2. The first-order valence-corrected chi connectivity index (χ1v) is 12.0. The maximum absolute atomic E-state index is 14.1. The Balaban J connectivity index is 0.000000565. The Morgan fingerprint density at radius 3 is 2.23 bits per heavy atom. The smallest absolute Gasteiger partial charge is 0.168 e. The molecule has 1 saturated carbocycles. The largest absolute Gasteiger partial charge is 0.333 e. The molecule has 0 aliphatic heterocycles. The van der Waals surface area contributed by atoms with E-state index in [0.717, 1.165) is 6.54 Å². The number of nitrogens with two attached hydrogens (primary N) is 1. The molecule has 192 valence electrons. The lowest BCUT2D eigenvalue weighted by molar-refractivity contribution is 0.111. The van der Waals surface area contributed by atoms with E-state index in [1.165, 1.54) is 76.0 Å². The van der Waals surface area contributed by atoms with Crippen LogP contribution in [0.4, 0.5) is 8.78 Å². The van der Waals surface area contributed by atoms with Crippen molar-refractivity contribution in [3.05, 3.63) is 78.2 Å². The van der Waals surface area contributed by atoms with Gasteiger partial charge in [-0.05, 0) is 50.4 Å². The number of pyridine rings is 1. The topological polar surface area (TPSA) is 80.4 Å². The third-order valence-corrected chi connectivity index (χ3v) is 4.94. The number of rotatable bonds is 7. The molecule has 1 heterocycles. The van der Waals surface area contributed by atoms with Gasteiger partial charge >= 0.3 is 0 Å². The van der Waals surface area contributed by atoms with Gasteiger partial charge in [0.15, 0.2) is 6.29 Å². The van der Waals surface area contributed by atoms with Gasteiger partial charge < -0.3 is 11.1 Å². The van der Waals surface area contributed by atoms with E-state index in [1.54, 1.807) is 19.2 Å². The van der Waals surface area contributed by atoms with Gasteiger partial charge in [-0.1, -0.05) is 70.2 Å². The number of aryl methyl sites for hydroxylation is 1. The summed E-state index contributed by atoms with van der Waals surface area (Å²) in [5.41, 5.74) is 5.01.